The molecule has 0 radical (unpaired) electrons. The summed E-state index contributed by atoms with van der Waals surface area (Å²) in [7, 11) is 6.64. The Morgan fingerprint density at radius 2 is 1.62 bits per heavy atom. The zero-order chi connectivity index (χ0) is 18.4. The van der Waals surface area contributed by atoms with Crippen LogP contribution in [0.15, 0.2) is 54.8 Å². The molecule has 0 bridgehead atoms. The van der Waals surface area contributed by atoms with Crippen LogP contribution in [0.2, 0.25) is 0 Å². The van der Waals surface area contributed by atoms with E-state index in [4.69, 9.17) is 14.2 Å². The minimum Gasteiger partial charge on any atom is -0.493 e. The van der Waals surface area contributed by atoms with Gasteiger partial charge >= 0.3 is 0 Å². The van der Waals surface area contributed by atoms with Gasteiger partial charge in [-0.25, -0.2) is 0 Å². The summed E-state index contributed by atoms with van der Waals surface area (Å²) in [4.78, 5) is 0. The molecule has 0 amide bonds. The predicted molar refractivity (Wildman–Crippen MR) is 103 cm³/mol. The molecule has 4 heteroatoms. The second-order valence-corrected chi connectivity index (χ2v) is 4.31. The van der Waals surface area contributed by atoms with E-state index in [1.807, 2.05) is 63.5 Å². The number of ether oxygens (including phenoxy) is 3. The third-order valence-electron chi connectivity index (χ3n) is 2.94. The molecule has 0 atom stereocenters. The molecule has 132 valence electrons. The van der Waals surface area contributed by atoms with E-state index < -0.39 is 0 Å². The Morgan fingerprint density at radius 1 is 1.04 bits per heavy atom. The van der Waals surface area contributed by atoms with Crippen molar-refractivity contribution in [2.75, 3.05) is 28.4 Å². The topological polar surface area (TPSA) is 39.7 Å². The number of benzene rings is 1. The fourth-order valence-corrected chi connectivity index (χ4v) is 1.84. The van der Waals surface area contributed by atoms with Crippen LogP contribution in [0.1, 0.15) is 19.4 Å². The van der Waals surface area contributed by atoms with Crippen molar-refractivity contribution in [1.82, 2.24) is 5.32 Å². The monoisotopic (exact) mass is 331 g/mol. The van der Waals surface area contributed by atoms with Crippen LogP contribution in [0.4, 0.5) is 0 Å². The Bertz CT molecular complexity index is 562. The highest BCUT2D eigenvalue weighted by Crippen LogP contribution is 2.38. The Labute approximate surface area is 146 Å². The van der Waals surface area contributed by atoms with E-state index in [1.54, 1.807) is 27.4 Å². The van der Waals surface area contributed by atoms with E-state index in [9.17, 15) is 0 Å². The summed E-state index contributed by atoms with van der Waals surface area (Å²) in [6.07, 6.45) is 11.4. The van der Waals surface area contributed by atoms with Crippen LogP contribution in [-0.4, -0.2) is 28.4 Å². The van der Waals surface area contributed by atoms with Crippen molar-refractivity contribution in [1.29, 1.82) is 0 Å². The minimum atomic E-state index is 0.582. The first-order valence-electron chi connectivity index (χ1n) is 7.84. The Balaban J connectivity index is 0.00000254. The second-order valence-electron chi connectivity index (χ2n) is 4.31. The maximum Gasteiger partial charge on any atom is 0.203 e. The number of methoxy groups -OCH3 is 3. The van der Waals surface area contributed by atoms with Crippen LogP contribution in [0.25, 0.3) is 6.08 Å². The Hall–Kier alpha value is -2.62. The molecule has 0 saturated heterocycles. The van der Waals surface area contributed by atoms with Crippen LogP contribution in [-0.2, 0) is 0 Å². The van der Waals surface area contributed by atoms with Crippen molar-refractivity contribution in [3.05, 3.63) is 60.4 Å². The highest BCUT2D eigenvalue weighted by molar-refractivity contribution is 5.64. The van der Waals surface area contributed by atoms with Crippen molar-refractivity contribution < 1.29 is 14.2 Å². The van der Waals surface area contributed by atoms with Crippen molar-refractivity contribution >= 4 is 6.08 Å². The van der Waals surface area contributed by atoms with E-state index >= 15 is 0 Å². The van der Waals surface area contributed by atoms with Gasteiger partial charge in [0.2, 0.25) is 5.75 Å². The van der Waals surface area contributed by atoms with Gasteiger partial charge in [0.15, 0.2) is 11.5 Å². The normalized spacial score (nSPS) is 11.0. The number of hydrogen-bond donors (Lipinski definition) is 1. The predicted octanol–water partition coefficient (Wildman–Crippen LogP) is 4.60. The number of rotatable bonds is 8. The molecule has 1 N–H and O–H groups in total. The number of nitrogens with one attached hydrogen (secondary N) is 1. The third kappa shape index (κ3) is 6.65. The van der Waals surface area contributed by atoms with Gasteiger partial charge in [0.05, 0.1) is 21.3 Å². The van der Waals surface area contributed by atoms with Crippen LogP contribution in [0.5, 0.6) is 17.2 Å². The summed E-state index contributed by atoms with van der Waals surface area (Å²) in [6, 6.07) is 3.78. The smallest absolute Gasteiger partial charge is 0.203 e. The van der Waals surface area contributed by atoms with E-state index in [0.29, 0.717) is 17.2 Å². The lowest BCUT2D eigenvalue weighted by atomic mass is 10.1. The van der Waals surface area contributed by atoms with Crippen molar-refractivity contribution in [2.45, 2.75) is 13.8 Å². The summed E-state index contributed by atoms with van der Waals surface area (Å²) >= 11 is 0. The standard InChI is InChI=1S/C18H23NO3.C2H6/c1-6-14(8-7-11-19-2)9-10-15-12-16(20-3)18(22-5)17(13-15)21-4;1-2/h6-13,19H,1H2,2-5H3;1-2H3/b10-9-,11-7-,14-8+;. The molecule has 0 fully saturated rings. The van der Waals surface area contributed by atoms with E-state index in [-0.39, 0.29) is 0 Å². The zero-order valence-corrected chi connectivity index (χ0v) is 15.6. The molecule has 1 rings (SSSR count). The van der Waals surface area contributed by atoms with Gasteiger partial charge in [0.25, 0.3) is 0 Å². The number of hydrogen-bond acceptors (Lipinski definition) is 4. The van der Waals surface area contributed by atoms with Crippen LogP contribution in [0.3, 0.4) is 0 Å². The molecular weight excluding hydrogens is 302 g/mol. The summed E-state index contributed by atoms with van der Waals surface area (Å²) in [5.74, 6) is 1.83. The van der Waals surface area contributed by atoms with Crippen molar-refractivity contribution in [3.63, 3.8) is 0 Å². The second kappa shape index (κ2) is 12.9. The summed E-state index contributed by atoms with van der Waals surface area (Å²) in [5, 5.41) is 2.93. The van der Waals surface area contributed by atoms with Crippen molar-refractivity contribution in [3.8, 4) is 17.2 Å². The quantitative estimate of drug-likeness (QED) is 0.707. The van der Waals surface area contributed by atoms with Gasteiger partial charge < -0.3 is 19.5 Å². The molecule has 0 aliphatic rings. The summed E-state index contributed by atoms with van der Waals surface area (Å²) in [6.45, 7) is 7.80. The van der Waals surface area contributed by atoms with Crippen molar-refractivity contribution in [2.24, 2.45) is 0 Å². The molecule has 0 aliphatic carbocycles. The van der Waals surface area contributed by atoms with Gasteiger partial charge in [-0.1, -0.05) is 44.7 Å². The molecule has 0 unspecified atom stereocenters. The van der Waals surface area contributed by atoms with Gasteiger partial charge in [-0.05, 0) is 35.5 Å². The van der Waals surface area contributed by atoms with Gasteiger partial charge in [0, 0.05) is 7.05 Å². The van der Waals surface area contributed by atoms with Crippen LogP contribution < -0.4 is 19.5 Å². The van der Waals surface area contributed by atoms with Gasteiger partial charge in [-0.3, -0.25) is 0 Å². The zero-order valence-electron chi connectivity index (χ0n) is 15.6. The maximum atomic E-state index is 5.34. The largest absolute Gasteiger partial charge is 0.493 e. The molecule has 0 spiro atoms. The minimum absolute atomic E-state index is 0.582. The molecule has 24 heavy (non-hydrogen) atoms. The highest BCUT2D eigenvalue weighted by Gasteiger charge is 2.11. The van der Waals surface area contributed by atoms with E-state index in [0.717, 1.165) is 11.1 Å². The lowest BCUT2D eigenvalue weighted by Crippen LogP contribution is -1.95. The average molecular weight is 331 g/mol. The SMILES string of the molecule is C=CC(/C=C\c1cc(OC)c(OC)c(OC)c1)=C\C=C/NC.CC. The summed E-state index contributed by atoms with van der Waals surface area (Å²) in [5.41, 5.74) is 1.93. The Kier molecular flexibility index (Phi) is 11.5. The number of allylic oxidation sites excluding steroid dienone is 5. The highest BCUT2D eigenvalue weighted by atomic mass is 16.5. The Morgan fingerprint density at radius 3 is 2.04 bits per heavy atom. The third-order valence-corrected chi connectivity index (χ3v) is 2.94. The average Bonchev–Trinajstić information content (AvgIpc) is 2.65. The summed E-state index contributed by atoms with van der Waals surface area (Å²) < 4.78 is 16.0. The first-order chi connectivity index (χ1) is 11.7. The molecule has 0 saturated carbocycles. The lowest BCUT2D eigenvalue weighted by Gasteiger charge is -2.12. The van der Waals surface area contributed by atoms with Gasteiger partial charge in [-0.2, -0.15) is 0 Å². The molecule has 0 aromatic heterocycles. The molecule has 0 heterocycles. The molecular formula is C20H29NO3. The van der Waals surface area contributed by atoms with Gasteiger partial charge in [-0.15, -0.1) is 0 Å². The molecule has 4 nitrogen and oxygen atoms in total. The fraction of sp³-hybridized carbons (Fsp3) is 0.300. The lowest BCUT2D eigenvalue weighted by molar-refractivity contribution is 0.324. The first kappa shape index (κ1) is 21.4. The van der Waals surface area contributed by atoms with Gasteiger partial charge in [0.1, 0.15) is 0 Å². The van der Waals surface area contributed by atoms with Crippen LogP contribution in [0, 0.1) is 0 Å². The molecule has 1 aromatic rings. The van der Waals surface area contributed by atoms with E-state index in [1.165, 1.54) is 0 Å². The molecule has 0 aliphatic heterocycles. The van der Waals surface area contributed by atoms with Crippen LogP contribution >= 0.6 is 0 Å². The molecule has 1 aromatic carbocycles. The maximum absolute atomic E-state index is 5.34. The fourth-order valence-electron chi connectivity index (χ4n) is 1.84. The first-order valence-corrected chi connectivity index (χ1v) is 7.84. The van der Waals surface area contributed by atoms with E-state index in [2.05, 4.69) is 11.9 Å².